The van der Waals surface area contributed by atoms with Crippen LogP contribution in [0.25, 0.3) is 11.1 Å². The standard InChI is InChI=1S/C11H13N3O5S/c1-20(17,18)6-2-5-12-11-13-9-4-3-8(14(15)16)7-10(9)19-11/h3-4,7H,2,5-6H2,1H3,(H,12,13). The van der Waals surface area contributed by atoms with Crippen LogP contribution >= 0.6 is 0 Å². The smallest absolute Gasteiger partial charge is 0.295 e. The molecule has 1 aromatic heterocycles. The number of anilines is 1. The van der Waals surface area contributed by atoms with Gasteiger partial charge in [0.1, 0.15) is 15.4 Å². The Bertz CT molecular complexity index is 738. The molecule has 0 saturated carbocycles. The van der Waals surface area contributed by atoms with Gasteiger partial charge in [0.15, 0.2) is 5.58 Å². The fourth-order valence-corrected chi connectivity index (χ4v) is 2.30. The summed E-state index contributed by atoms with van der Waals surface area (Å²) < 4.78 is 27.2. The van der Waals surface area contributed by atoms with Crippen LogP contribution in [0, 0.1) is 10.1 Å². The number of hydrogen-bond acceptors (Lipinski definition) is 7. The molecule has 0 amide bonds. The number of rotatable bonds is 6. The van der Waals surface area contributed by atoms with Gasteiger partial charge in [-0.3, -0.25) is 10.1 Å². The number of nitro benzene ring substituents is 1. The SMILES string of the molecule is CS(=O)(=O)CCCNc1nc2ccc([N+](=O)[O-])cc2o1. The molecular formula is C11H13N3O5S. The van der Waals surface area contributed by atoms with E-state index in [1.165, 1.54) is 24.5 Å². The minimum Gasteiger partial charge on any atom is -0.423 e. The van der Waals surface area contributed by atoms with Gasteiger partial charge in [0, 0.05) is 18.9 Å². The Morgan fingerprint density at radius 2 is 2.20 bits per heavy atom. The second kappa shape index (κ2) is 5.45. The van der Waals surface area contributed by atoms with E-state index in [2.05, 4.69) is 10.3 Å². The minimum atomic E-state index is -2.98. The molecule has 0 aliphatic heterocycles. The second-order valence-corrected chi connectivity index (χ2v) is 6.60. The van der Waals surface area contributed by atoms with Crippen LogP contribution in [0.3, 0.4) is 0 Å². The second-order valence-electron chi connectivity index (χ2n) is 4.34. The van der Waals surface area contributed by atoms with Gasteiger partial charge in [-0.15, -0.1) is 0 Å². The molecule has 0 atom stereocenters. The molecule has 20 heavy (non-hydrogen) atoms. The van der Waals surface area contributed by atoms with Crippen molar-refractivity contribution in [3.05, 3.63) is 28.3 Å². The first-order chi connectivity index (χ1) is 9.35. The average Bonchev–Trinajstić information content (AvgIpc) is 2.75. The third-order valence-corrected chi connectivity index (χ3v) is 3.58. The maximum atomic E-state index is 11.0. The molecule has 8 nitrogen and oxygen atoms in total. The molecular weight excluding hydrogens is 286 g/mol. The van der Waals surface area contributed by atoms with E-state index in [1.54, 1.807) is 0 Å². The van der Waals surface area contributed by atoms with Crippen LogP contribution in [0.2, 0.25) is 0 Å². The van der Waals surface area contributed by atoms with E-state index in [1.807, 2.05) is 0 Å². The first-order valence-electron chi connectivity index (χ1n) is 5.82. The molecule has 0 saturated heterocycles. The molecule has 0 fully saturated rings. The van der Waals surface area contributed by atoms with Gasteiger partial charge in [-0.25, -0.2) is 8.42 Å². The first kappa shape index (κ1) is 14.3. The molecule has 0 aliphatic carbocycles. The number of oxazole rings is 1. The molecule has 0 bridgehead atoms. The van der Waals surface area contributed by atoms with E-state index in [4.69, 9.17) is 4.42 Å². The highest BCUT2D eigenvalue weighted by Gasteiger charge is 2.11. The summed E-state index contributed by atoms with van der Waals surface area (Å²) in [5, 5.41) is 13.5. The number of nitrogens with one attached hydrogen (secondary N) is 1. The topological polar surface area (TPSA) is 115 Å². The molecule has 2 rings (SSSR count). The fraction of sp³-hybridized carbons (Fsp3) is 0.364. The van der Waals surface area contributed by atoms with Crippen molar-refractivity contribution >= 4 is 32.6 Å². The Morgan fingerprint density at radius 1 is 1.45 bits per heavy atom. The zero-order valence-corrected chi connectivity index (χ0v) is 11.5. The lowest BCUT2D eigenvalue weighted by molar-refractivity contribution is -0.384. The van der Waals surface area contributed by atoms with Gasteiger partial charge in [0.2, 0.25) is 0 Å². The van der Waals surface area contributed by atoms with Gasteiger partial charge in [-0.1, -0.05) is 0 Å². The molecule has 2 aromatic rings. The lowest BCUT2D eigenvalue weighted by Crippen LogP contribution is -2.09. The van der Waals surface area contributed by atoms with E-state index in [9.17, 15) is 18.5 Å². The minimum absolute atomic E-state index is 0.0720. The maximum absolute atomic E-state index is 11.0. The average molecular weight is 299 g/mol. The van der Waals surface area contributed by atoms with Gasteiger partial charge < -0.3 is 9.73 Å². The van der Waals surface area contributed by atoms with Crippen molar-refractivity contribution in [1.82, 2.24) is 4.98 Å². The number of non-ortho nitro benzene ring substituents is 1. The molecule has 1 heterocycles. The number of nitro groups is 1. The summed E-state index contributed by atoms with van der Waals surface area (Å²) >= 11 is 0. The number of benzene rings is 1. The Hall–Kier alpha value is -2.16. The van der Waals surface area contributed by atoms with Crippen LogP contribution in [-0.2, 0) is 9.84 Å². The highest BCUT2D eigenvalue weighted by atomic mass is 32.2. The third-order valence-electron chi connectivity index (χ3n) is 2.55. The van der Waals surface area contributed by atoms with Crippen LogP contribution in [0.1, 0.15) is 6.42 Å². The summed E-state index contributed by atoms with van der Waals surface area (Å²) in [4.78, 5) is 14.2. The summed E-state index contributed by atoms with van der Waals surface area (Å²) in [7, 11) is -2.98. The zero-order chi connectivity index (χ0) is 14.8. The zero-order valence-electron chi connectivity index (χ0n) is 10.7. The molecule has 0 spiro atoms. The van der Waals surface area contributed by atoms with Crippen molar-refractivity contribution in [3.63, 3.8) is 0 Å². The number of sulfone groups is 1. The largest absolute Gasteiger partial charge is 0.423 e. The summed E-state index contributed by atoms with van der Waals surface area (Å²) in [5.41, 5.74) is 0.739. The summed E-state index contributed by atoms with van der Waals surface area (Å²) in [6.07, 6.45) is 1.60. The quantitative estimate of drug-likeness (QED) is 0.489. The van der Waals surface area contributed by atoms with Gasteiger partial charge in [0.25, 0.3) is 11.7 Å². The number of aromatic nitrogens is 1. The van der Waals surface area contributed by atoms with Gasteiger partial charge in [-0.05, 0) is 12.5 Å². The van der Waals surface area contributed by atoms with E-state index in [-0.39, 0.29) is 17.5 Å². The highest BCUT2D eigenvalue weighted by molar-refractivity contribution is 7.90. The molecule has 1 N–H and O–H groups in total. The van der Waals surface area contributed by atoms with E-state index >= 15 is 0 Å². The van der Waals surface area contributed by atoms with Gasteiger partial charge >= 0.3 is 0 Å². The lowest BCUT2D eigenvalue weighted by Gasteiger charge is -1.99. The fourth-order valence-electron chi connectivity index (χ4n) is 1.63. The number of hydrogen-bond donors (Lipinski definition) is 1. The van der Waals surface area contributed by atoms with E-state index < -0.39 is 14.8 Å². The molecule has 0 unspecified atom stereocenters. The maximum Gasteiger partial charge on any atom is 0.295 e. The summed E-state index contributed by atoms with van der Waals surface area (Å²) in [6, 6.07) is 4.36. The van der Waals surface area contributed by atoms with Crippen LogP contribution in [0.5, 0.6) is 0 Å². The monoisotopic (exact) mass is 299 g/mol. The molecule has 1 aromatic carbocycles. The van der Waals surface area contributed by atoms with Crippen molar-refractivity contribution in [3.8, 4) is 0 Å². The Morgan fingerprint density at radius 3 is 2.85 bits per heavy atom. The molecule has 0 radical (unpaired) electrons. The molecule has 0 aliphatic rings. The first-order valence-corrected chi connectivity index (χ1v) is 7.88. The van der Waals surface area contributed by atoms with Gasteiger partial charge in [-0.2, -0.15) is 4.98 Å². The Labute approximate surface area is 114 Å². The number of nitrogens with zero attached hydrogens (tertiary/aromatic N) is 2. The van der Waals surface area contributed by atoms with Crippen LogP contribution in [0.4, 0.5) is 11.7 Å². The van der Waals surface area contributed by atoms with Crippen LogP contribution < -0.4 is 5.32 Å². The third kappa shape index (κ3) is 3.67. The summed E-state index contributed by atoms with van der Waals surface area (Å²) in [5.74, 6) is 0.0751. The van der Waals surface area contributed by atoms with Crippen molar-refractivity contribution in [1.29, 1.82) is 0 Å². The van der Waals surface area contributed by atoms with Crippen molar-refractivity contribution in [2.75, 3.05) is 23.9 Å². The molecule has 108 valence electrons. The predicted molar refractivity (Wildman–Crippen MR) is 73.5 cm³/mol. The summed E-state index contributed by atoms with van der Waals surface area (Å²) in [6.45, 7) is 0.391. The molecule has 9 heteroatoms. The Kier molecular flexibility index (Phi) is 3.89. The van der Waals surface area contributed by atoms with Crippen molar-refractivity contribution in [2.24, 2.45) is 0 Å². The van der Waals surface area contributed by atoms with E-state index in [0.717, 1.165) is 0 Å². The highest BCUT2D eigenvalue weighted by Crippen LogP contribution is 2.23. The van der Waals surface area contributed by atoms with Crippen LogP contribution in [0.15, 0.2) is 22.6 Å². The Balaban J connectivity index is 2.03. The van der Waals surface area contributed by atoms with E-state index in [0.29, 0.717) is 24.1 Å². The predicted octanol–water partition coefficient (Wildman–Crippen LogP) is 1.58. The number of fused-ring (bicyclic) bond motifs is 1. The van der Waals surface area contributed by atoms with Crippen molar-refractivity contribution in [2.45, 2.75) is 6.42 Å². The lowest BCUT2D eigenvalue weighted by atomic mass is 10.3. The normalized spacial score (nSPS) is 11.7. The van der Waals surface area contributed by atoms with Gasteiger partial charge in [0.05, 0.1) is 16.7 Å². The van der Waals surface area contributed by atoms with Crippen LogP contribution in [-0.4, -0.2) is 36.9 Å². The van der Waals surface area contributed by atoms with Crippen molar-refractivity contribution < 1.29 is 17.8 Å².